The van der Waals surface area contributed by atoms with Crippen LogP contribution >= 0.6 is 11.8 Å². The first-order valence-corrected chi connectivity index (χ1v) is 6.80. The average Bonchev–Trinajstić information content (AvgIpc) is 2.28. The Hall–Kier alpha value is -0.510. The molecule has 0 aliphatic rings. The summed E-state index contributed by atoms with van der Waals surface area (Å²) in [6.07, 6.45) is 1.17. The molecule has 0 radical (unpaired) electrons. The van der Waals surface area contributed by atoms with Crippen LogP contribution in [0.3, 0.4) is 0 Å². The van der Waals surface area contributed by atoms with Gasteiger partial charge in [0.05, 0.1) is 6.61 Å². The van der Waals surface area contributed by atoms with E-state index in [9.17, 15) is 0 Å². The molecule has 1 aromatic carbocycles. The second-order valence-electron chi connectivity index (χ2n) is 3.85. The standard InChI is InChI=1S/C13H21NOS/c1-3-6-14-10-12-4-5-13(11(2)9-12)16-8-7-15/h4-5,9,14-15H,3,6-8,10H2,1-2H3. The highest BCUT2D eigenvalue weighted by molar-refractivity contribution is 7.99. The molecule has 2 nitrogen and oxygen atoms in total. The third kappa shape index (κ3) is 4.56. The van der Waals surface area contributed by atoms with Crippen LogP contribution in [0.4, 0.5) is 0 Å². The molecule has 0 unspecified atom stereocenters. The van der Waals surface area contributed by atoms with Crippen molar-refractivity contribution in [1.29, 1.82) is 0 Å². The van der Waals surface area contributed by atoms with Crippen molar-refractivity contribution < 1.29 is 5.11 Å². The molecule has 0 aromatic heterocycles. The Kier molecular flexibility index (Phi) is 6.53. The van der Waals surface area contributed by atoms with E-state index in [-0.39, 0.29) is 6.61 Å². The van der Waals surface area contributed by atoms with Gasteiger partial charge in [-0.3, -0.25) is 0 Å². The van der Waals surface area contributed by atoms with Crippen LogP contribution in [0, 0.1) is 6.92 Å². The van der Waals surface area contributed by atoms with Gasteiger partial charge >= 0.3 is 0 Å². The van der Waals surface area contributed by atoms with Crippen molar-refractivity contribution in [3.8, 4) is 0 Å². The van der Waals surface area contributed by atoms with E-state index in [2.05, 4.69) is 37.4 Å². The lowest BCUT2D eigenvalue weighted by Crippen LogP contribution is -2.13. The molecule has 0 aliphatic heterocycles. The van der Waals surface area contributed by atoms with Crippen molar-refractivity contribution in [2.45, 2.75) is 31.7 Å². The van der Waals surface area contributed by atoms with E-state index in [1.807, 2.05) is 0 Å². The normalized spacial score (nSPS) is 10.7. The van der Waals surface area contributed by atoms with E-state index in [4.69, 9.17) is 5.11 Å². The lowest BCUT2D eigenvalue weighted by molar-refractivity contribution is 0.322. The number of hydrogen-bond donors (Lipinski definition) is 2. The SMILES string of the molecule is CCCNCc1ccc(SCCO)c(C)c1. The van der Waals surface area contributed by atoms with Gasteiger partial charge in [-0.2, -0.15) is 0 Å². The van der Waals surface area contributed by atoms with E-state index < -0.39 is 0 Å². The minimum absolute atomic E-state index is 0.240. The van der Waals surface area contributed by atoms with E-state index in [0.29, 0.717) is 0 Å². The highest BCUT2D eigenvalue weighted by atomic mass is 32.2. The predicted octanol–water partition coefficient (Wildman–Crippen LogP) is 2.58. The third-order valence-corrected chi connectivity index (χ3v) is 3.50. The smallest absolute Gasteiger partial charge is 0.0525 e. The summed E-state index contributed by atoms with van der Waals surface area (Å²) in [6.45, 7) is 6.56. The maximum atomic E-state index is 8.79. The molecular formula is C13H21NOS. The Morgan fingerprint density at radius 3 is 2.81 bits per heavy atom. The Bertz CT molecular complexity index is 315. The summed E-state index contributed by atoms with van der Waals surface area (Å²) in [6, 6.07) is 6.54. The highest BCUT2D eigenvalue weighted by Gasteiger charge is 2.00. The zero-order valence-corrected chi connectivity index (χ0v) is 10.9. The van der Waals surface area contributed by atoms with Crippen molar-refractivity contribution >= 4 is 11.8 Å². The Balaban J connectivity index is 2.53. The average molecular weight is 239 g/mol. The van der Waals surface area contributed by atoms with Gasteiger partial charge in [0, 0.05) is 17.2 Å². The first-order valence-electron chi connectivity index (χ1n) is 5.81. The molecule has 1 aromatic rings. The summed E-state index contributed by atoms with van der Waals surface area (Å²) in [7, 11) is 0. The molecule has 0 saturated heterocycles. The summed E-state index contributed by atoms with van der Waals surface area (Å²) >= 11 is 1.71. The fourth-order valence-corrected chi connectivity index (χ4v) is 2.31. The van der Waals surface area contributed by atoms with E-state index >= 15 is 0 Å². The molecule has 0 atom stereocenters. The molecule has 0 spiro atoms. The summed E-state index contributed by atoms with van der Waals surface area (Å²) < 4.78 is 0. The minimum Gasteiger partial charge on any atom is -0.396 e. The Labute approximate surface area is 102 Å². The van der Waals surface area contributed by atoms with Crippen LogP contribution in [0.5, 0.6) is 0 Å². The first kappa shape index (κ1) is 13.6. The van der Waals surface area contributed by atoms with Crippen LogP contribution in [-0.2, 0) is 6.54 Å². The van der Waals surface area contributed by atoms with Gasteiger partial charge in [0.15, 0.2) is 0 Å². The van der Waals surface area contributed by atoms with Crippen molar-refractivity contribution in [2.24, 2.45) is 0 Å². The van der Waals surface area contributed by atoms with Gasteiger partial charge in [-0.1, -0.05) is 19.1 Å². The van der Waals surface area contributed by atoms with E-state index in [0.717, 1.165) is 18.8 Å². The molecular weight excluding hydrogens is 218 g/mol. The number of nitrogens with one attached hydrogen (secondary N) is 1. The van der Waals surface area contributed by atoms with E-state index in [1.54, 1.807) is 11.8 Å². The third-order valence-electron chi connectivity index (χ3n) is 2.34. The predicted molar refractivity (Wildman–Crippen MR) is 71.0 cm³/mol. The van der Waals surface area contributed by atoms with Gasteiger partial charge in [-0.25, -0.2) is 0 Å². The maximum Gasteiger partial charge on any atom is 0.0525 e. The topological polar surface area (TPSA) is 32.3 Å². The van der Waals surface area contributed by atoms with Gasteiger partial charge in [0.1, 0.15) is 0 Å². The lowest BCUT2D eigenvalue weighted by Gasteiger charge is -2.08. The van der Waals surface area contributed by atoms with Crippen LogP contribution in [0.1, 0.15) is 24.5 Å². The summed E-state index contributed by atoms with van der Waals surface area (Å²) in [5.41, 5.74) is 2.63. The number of thioether (sulfide) groups is 1. The highest BCUT2D eigenvalue weighted by Crippen LogP contribution is 2.22. The van der Waals surface area contributed by atoms with E-state index in [1.165, 1.54) is 22.4 Å². The van der Waals surface area contributed by atoms with Crippen molar-refractivity contribution in [2.75, 3.05) is 18.9 Å². The van der Waals surface area contributed by atoms with Crippen LogP contribution < -0.4 is 5.32 Å². The second kappa shape index (κ2) is 7.71. The second-order valence-corrected chi connectivity index (χ2v) is 4.99. The fourth-order valence-electron chi connectivity index (χ4n) is 1.55. The Morgan fingerprint density at radius 1 is 1.38 bits per heavy atom. The zero-order valence-electron chi connectivity index (χ0n) is 10.1. The quantitative estimate of drug-likeness (QED) is 0.566. The molecule has 0 bridgehead atoms. The van der Waals surface area contributed by atoms with Crippen LogP contribution in [0.2, 0.25) is 0 Å². The van der Waals surface area contributed by atoms with Crippen molar-refractivity contribution in [3.05, 3.63) is 29.3 Å². The molecule has 3 heteroatoms. The van der Waals surface area contributed by atoms with Gasteiger partial charge in [0.25, 0.3) is 0 Å². The van der Waals surface area contributed by atoms with Crippen LogP contribution in [0.25, 0.3) is 0 Å². The number of benzene rings is 1. The molecule has 2 N–H and O–H groups in total. The summed E-state index contributed by atoms with van der Waals surface area (Å²) in [4.78, 5) is 1.27. The number of rotatable bonds is 7. The Morgan fingerprint density at radius 2 is 2.19 bits per heavy atom. The molecule has 0 amide bonds. The first-order chi connectivity index (χ1) is 7.77. The van der Waals surface area contributed by atoms with Gasteiger partial charge in [-0.15, -0.1) is 11.8 Å². The molecule has 90 valence electrons. The molecule has 0 aliphatic carbocycles. The monoisotopic (exact) mass is 239 g/mol. The summed E-state index contributed by atoms with van der Waals surface area (Å²) in [5, 5.41) is 12.2. The molecule has 1 rings (SSSR count). The van der Waals surface area contributed by atoms with Crippen molar-refractivity contribution in [3.63, 3.8) is 0 Å². The largest absolute Gasteiger partial charge is 0.396 e. The molecule has 16 heavy (non-hydrogen) atoms. The number of aliphatic hydroxyl groups excluding tert-OH is 1. The molecule has 0 fully saturated rings. The minimum atomic E-state index is 0.240. The number of aliphatic hydroxyl groups is 1. The van der Waals surface area contributed by atoms with Crippen LogP contribution in [-0.4, -0.2) is 24.0 Å². The zero-order chi connectivity index (χ0) is 11.8. The number of hydrogen-bond acceptors (Lipinski definition) is 3. The van der Waals surface area contributed by atoms with Crippen LogP contribution in [0.15, 0.2) is 23.1 Å². The van der Waals surface area contributed by atoms with Crippen molar-refractivity contribution in [1.82, 2.24) is 5.32 Å². The molecule has 0 saturated carbocycles. The lowest BCUT2D eigenvalue weighted by atomic mass is 10.1. The molecule has 0 heterocycles. The van der Waals surface area contributed by atoms with Gasteiger partial charge in [-0.05, 0) is 37.1 Å². The maximum absolute atomic E-state index is 8.79. The van der Waals surface area contributed by atoms with Gasteiger partial charge < -0.3 is 10.4 Å². The van der Waals surface area contributed by atoms with Gasteiger partial charge in [0.2, 0.25) is 0 Å². The fraction of sp³-hybridized carbons (Fsp3) is 0.538. The number of aryl methyl sites for hydroxylation is 1. The summed E-state index contributed by atoms with van der Waals surface area (Å²) in [5.74, 6) is 0.772.